The zero-order valence-electron chi connectivity index (χ0n) is 19.2. The summed E-state index contributed by atoms with van der Waals surface area (Å²) in [5.41, 5.74) is 0.360. The maximum atomic E-state index is 13.7. The van der Waals surface area contributed by atoms with Crippen LogP contribution in [-0.2, 0) is 10.2 Å². The Morgan fingerprint density at radius 1 is 1.22 bits per heavy atom. The monoisotopic (exact) mass is 551 g/mol. The number of aromatic nitrogens is 1. The molecule has 2 aliphatic heterocycles. The van der Waals surface area contributed by atoms with Crippen molar-refractivity contribution in [1.82, 2.24) is 9.88 Å². The van der Waals surface area contributed by atoms with E-state index in [0.29, 0.717) is 48.6 Å². The second-order valence-corrected chi connectivity index (χ2v) is 10.9. The maximum Gasteiger partial charge on any atom is 0.586 e. The van der Waals surface area contributed by atoms with Crippen molar-refractivity contribution >= 4 is 34.0 Å². The van der Waals surface area contributed by atoms with Crippen LogP contribution in [0.3, 0.4) is 0 Å². The van der Waals surface area contributed by atoms with Gasteiger partial charge in [-0.15, -0.1) is 8.78 Å². The van der Waals surface area contributed by atoms with Crippen LogP contribution < -0.4 is 14.8 Å². The number of nitrogens with one attached hydrogen (secondary N) is 1. The largest absolute Gasteiger partial charge is 0.586 e. The van der Waals surface area contributed by atoms with Gasteiger partial charge >= 0.3 is 6.29 Å². The summed E-state index contributed by atoms with van der Waals surface area (Å²) in [6, 6.07) is 8.21. The molecule has 1 saturated carbocycles. The van der Waals surface area contributed by atoms with E-state index < -0.39 is 23.6 Å². The van der Waals surface area contributed by atoms with E-state index in [9.17, 15) is 23.1 Å². The molecule has 12 heteroatoms. The predicted molar refractivity (Wildman–Crippen MR) is 130 cm³/mol. The zero-order valence-corrected chi connectivity index (χ0v) is 20.8. The number of thiazole rings is 1. The lowest BCUT2D eigenvalue weighted by molar-refractivity contribution is -0.286. The highest BCUT2D eigenvalue weighted by molar-refractivity contribution is 7.15. The molecule has 1 aromatic heterocycles. The number of hydrogen-bond acceptors (Lipinski definition) is 7. The van der Waals surface area contributed by atoms with E-state index >= 15 is 0 Å². The first kappa shape index (κ1) is 24.5. The Balaban J connectivity index is 1.24. The number of alkyl halides is 2. The highest BCUT2D eigenvalue weighted by atomic mass is 35.5. The Hall–Kier alpha value is -2.86. The van der Waals surface area contributed by atoms with Crippen LogP contribution in [0.15, 0.2) is 42.6 Å². The quantitative estimate of drug-likeness (QED) is 0.444. The van der Waals surface area contributed by atoms with Crippen LogP contribution >= 0.6 is 22.9 Å². The molecule has 0 bridgehead atoms. The van der Waals surface area contributed by atoms with Gasteiger partial charge in [-0.2, -0.15) is 0 Å². The molecule has 2 atom stereocenters. The highest BCUT2D eigenvalue weighted by Crippen LogP contribution is 2.52. The van der Waals surface area contributed by atoms with Crippen LogP contribution in [0, 0.1) is 5.82 Å². The average molecular weight is 552 g/mol. The Morgan fingerprint density at radius 2 is 2.00 bits per heavy atom. The molecule has 2 N–H and O–H groups in total. The second kappa shape index (κ2) is 8.87. The molecule has 1 amide bonds. The molecule has 3 aliphatic rings. The summed E-state index contributed by atoms with van der Waals surface area (Å²) in [5.74, 6) is -0.933. The number of carbonyl (C=O) groups is 1. The molecule has 6 rings (SSSR count). The molecule has 7 nitrogen and oxygen atoms in total. The van der Waals surface area contributed by atoms with E-state index in [1.165, 1.54) is 35.6 Å². The molecule has 194 valence electrons. The number of hydrogen-bond donors (Lipinski definition) is 2. The number of amides is 1. The summed E-state index contributed by atoms with van der Waals surface area (Å²) in [7, 11) is 0. The predicted octanol–water partition coefficient (Wildman–Crippen LogP) is 5.08. The van der Waals surface area contributed by atoms with Crippen molar-refractivity contribution in [1.29, 1.82) is 0 Å². The van der Waals surface area contributed by atoms with E-state index in [0.717, 1.165) is 4.88 Å². The fourth-order valence-electron chi connectivity index (χ4n) is 4.96. The fourth-order valence-corrected chi connectivity index (χ4v) is 6.20. The van der Waals surface area contributed by atoms with E-state index in [1.807, 2.05) is 4.90 Å². The minimum absolute atomic E-state index is 0.0768. The molecule has 3 heterocycles. The van der Waals surface area contributed by atoms with Crippen molar-refractivity contribution in [3.8, 4) is 11.5 Å². The molecule has 1 unspecified atom stereocenters. The Labute approximate surface area is 218 Å². The molecule has 1 aliphatic carbocycles. The van der Waals surface area contributed by atoms with E-state index in [-0.39, 0.29) is 28.5 Å². The van der Waals surface area contributed by atoms with Crippen molar-refractivity contribution in [2.75, 3.05) is 18.4 Å². The van der Waals surface area contributed by atoms with Crippen molar-refractivity contribution in [2.45, 2.75) is 43.1 Å². The van der Waals surface area contributed by atoms with Gasteiger partial charge in [0, 0.05) is 29.2 Å². The molecule has 0 radical (unpaired) electrons. The van der Waals surface area contributed by atoms with Crippen LogP contribution in [-0.4, -0.2) is 46.4 Å². The molecule has 3 aromatic rings. The Bertz CT molecular complexity index is 1380. The lowest BCUT2D eigenvalue weighted by atomic mass is 9.94. The number of carbonyl (C=O) groups excluding carboxylic acids is 1. The number of fused-ring (bicyclic) bond motifs is 1. The first-order valence-electron chi connectivity index (χ1n) is 11.7. The van der Waals surface area contributed by atoms with Crippen LogP contribution in [0.1, 0.15) is 41.3 Å². The van der Waals surface area contributed by atoms with Gasteiger partial charge in [0.05, 0.1) is 17.6 Å². The molecule has 37 heavy (non-hydrogen) atoms. The molecule has 2 fully saturated rings. The number of aliphatic hydroxyl groups excluding tert-OH is 1. The number of aliphatic hydroxyl groups is 1. The van der Waals surface area contributed by atoms with Gasteiger partial charge in [-0.25, -0.2) is 9.37 Å². The number of likely N-dealkylation sites (tertiary alicyclic amines) is 1. The summed E-state index contributed by atoms with van der Waals surface area (Å²) in [4.78, 5) is 20.5. The lowest BCUT2D eigenvalue weighted by Crippen LogP contribution is -2.28. The van der Waals surface area contributed by atoms with Gasteiger partial charge in [-0.3, -0.25) is 9.69 Å². The maximum absolute atomic E-state index is 13.7. The smallest absolute Gasteiger partial charge is 0.395 e. The summed E-state index contributed by atoms with van der Waals surface area (Å²) in [6.45, 7) is 1.04. The van der Waals surface area contributed by atoms with Gasteiger partial charge in [0.1, 0.15) is 5.82 Å². The first-order chi connectivity index (χ1) is 17.6. The fraction of sp³-hybridized carbons (Fsp3) is 0.360. The van der Waals surface area contributed by atoms with E-state index in [1.54, 1.807) is 18.3 Å². The average Bonchev–Trinajstić information content (AvgIpc) is 3.16. The van der Waals surface area contributed by atoms with Gasteiger partial charge in [-0.05, 0) is 54.7 Å². The van der Waals surface area contributed by atoms with Crippen molar-refractivity contribution in [3.63, 3.8) is 0 Å². The Kier molecular flexibility index (Phi) is 5.86. The number of β-amino-alcohol motifs (C(OH)–C–C–N with tert-alkyl or cyclic N) is 1. The third-order valence-corrected chi connectivity index (χ3v) is 8.26. The number of ether oxygens (including phenoxy) is 2. The lowest BCUT2D eigenvalue weighted by Gasteiger charge is -2.27. The first-order valence-corrected chi connectivity index (χ1v) is 12.9. The van der Waals surface area contributed by atoms with Gasteiger partial charge in [0.15, 0.2) is 16.6 Å². The van der Waals surface area contributed by atoms with Gasteiger partial charge in [-0.1, -0.05) is 35.1 Å². The highest BCUT2D eigenvalue weighted by Gasteiger charge is 2.53. The van der Waals surface area contributed by atoms with Gasteiger partial charge in [0.2, 0.25) is 5.91 Å². The molecular weight excluding hydrogens is 531 g/mol. The van der Waals surface area contributed by atoms with E-state index in [4.69, 9.17) is 11.6 Å². The molecule has 0 spiro atoms. The normalized spacial score (nSPS) is 22.1. The SMILES string of the molecule is O=C(Nc1ncc(C(c2ccc(F)cc2Cl)N2CC[C@@H](O)C2)s1)C1(c2ccc3c(c2)OC(F)(F)O3)CC1. The summed E-state index contributed by atoms with van der Waals surface area (Å²) >= 11 is 7.65. The zero-order chi connectivity index (χ0) is 25.9. The van der Waals surface area contributed by atoms with Crippen molar-refractivity contribution in [3.05, 3.63) is 69.4 Å². The molecule has 1 saturated heterocycles. The van der Waals surface area contributed by atoms with Crippen LogP contribution in [0.25, 0.3) is 0 Å². The van der Waals surface area contributed by atoms with Crippen LogP contribution in [0.4, 0.5) is 18.3 Å². The topological polar surface area (TPSA) is 83.9 Å². The minimum atomic E-state index is -3.73. The summed E-state index contributed by atoms with van der Waals surface area (Å²) < 4.78 is 49.6. The van der Waals surface area contributed by atoms with Crippen LogP contribution in [0.5, 0.6) is 11.5 Å². The summed E-state index contributed by atoms with van der Waals surface area (Å²) in [5, 5.41) is 13.6. The number of benzene rings is 2. The standard InChI is InChI=1S/C25H21ClF3N3O4S/c26-17-10-14(27)2-3-16(17)21(32-8-5-15(33)12-32)20-11-30-23(37-20)31-22(34)24(6-7-24)13-1-4-18-19(9-13)36-25(28,29)35-18/h1-4,9-11,15,21,33H,5-8,12H2,(H,30,31,34)/t15-,21?/m1/s1. The van der Waals surface area contributed by atoms with Crippen molar-refractivity contribution < 1.29 is 32.5 Å². The van der Waals surface area contributed by atoms with E-state index in [2.05, 4.69) is 19.8 Å². The number of rotatable bonds is 6. The summed E-state index contributed by atoms with van der Waals surface area (Å²) in [6.07, 6.45) is -0.879. The minimum Gasteiger partial charge on any atom is -0.395 e. The number of nitrogens with zero attached hydrogens (tertiary/aromatic N) is 2. The molecular formula is C25H21ClF3N3O4S. The third kappa shape index (κ3) is 4.54. The van der Waals surface area contributed by atoms with Gasteiger partial charge in [0.25, 0.3) is 0 Å². The second-order valence-electron chi connectivity index (χ2n) is 9.44. The number of anilines is 1. The Morgan fingerprint density at radius 3 is 2.70 bits per heavy atom. The van der Waals surface area contributed by atoms with Crippen molar-refractivity contribution in [2.24, 2.45) is 0 Å². The third-order valence-electron chi connectivity index (χ3n) is 6.97. The van der Waals surface area contributed by atoms with Gasteiger partial charge < -0.3 is 19.9 Å². The molecule has 2 aromatic carbocycles. The van der Waals surface area contributed by atoms with Crippen LogP contribution in [0.2, 0.25) is 5.02 Å². The number of halogens is 4.